The number of piperidine rings is 1. The van der Waals surface area contributed by atoms with Gasteiger partial charge in [0.1, 0.15) is 5.75 Å². The van der Waals surface area contributed by atoms with Crippen LogP contribution in [0.3, 0.4) is 0 Å². The molecule has 0 aliphatic carbocycles. The van der Waals surface area contributed by atoms with E-state index in [4.69, 9.17) is 4.74 Å². The molecule has 3 rings (SSSR count). The van der Waals surface area contributed by atoms with Crippen molar-refractivity contribution in [3.8, 4) is 5.75 Å². The molecule has 0 unspecified atom stereocenters. The van der Waals surface area contributed by atoms with Gasteiger partial charge in [0.25, 0.3) is 0 Å². The molecule has 2 nitrogen and oxygen atoms in total. The van der Waals surface area contributed by atoms with Gasteiger partial charge >= 0.3 is 0 Å². The maximum Gasteiger partial charge on any atom is 0.118 e. The van der Waals surface area contributed by atoms with E-state index in [-0.39, 0.29) is 0 Å². The Morgan fingerprint density at radius 2 is 1.79 bits per heavy atom. The van der Waals surface area contributed by atoms with E-state index in [1.54, 1.807) is 7.11 Å². The van der Waals surface area contributed by atoms with Crippen LogP contribution < -0.4 is 4.74 Å². The number of ether oxygens (including phenoxy) is 1. The molecule has 2 fully saturated rings. The first kappa shape index (κ1) is 13.3. The topological polar surface area (TPSA) is 12.5 Å². The van der Waals surface area contributed by atoms with Crippen LogP contribution in [0, 0.1) is 0 Å². The Kier molecular flexibility index (Phi) is 4.04. The van der Waals surface area contributed by atoms with E-state index < -0.39 is 0 Å². The number of hydrogen-bond donors (Lipinski definition) is 0. The molecule has 19 heavy (non-hydrogen) atoms. The molecule has 0 amide bonds. The van der Waals surface area contributed by atoms with E-state index in [2.05, 4.69) is 48.0 Å². The Morgan fingerprint density at radius 3 is 2.37 bits per heavy atom. The zero-order valence-corrected chi connectivity index (χ0v) is 12.7. The van der Waals surface area contributed by atoms with Gasteiger partial charge in [0.05, 0.1) is 7.11 Å². The zero-order chi connectivity index (χ0) is 13.2. The number of thioether (sulfide) groups is 1. The molecule has 1 aromatic carbocycles. The summed E-state index contributed by atoms with van der Waals surface area (Å²) in [5.74, 6) is 2.09. The molecular weight excluding hydrogens is 254 g/mol. The lowest BCUT2D eigenvalue weighted by atomic mass is 10.0. The lowest BCUT2D eigenvalue weighted by Gasteiger charge is -2.36. The molecule has 0 spiro atoms. The minimum absolute atomic E-state index is 0.854. The third-order valence-electron chi connectivity index (χ3n) is 4.70. The highest BCUT2D eigenvalue weighted by Gasteiger charge is 2.38. The van der Waals surface area contributed by atoms with Crippen LogP contribution in [0.25, 0.3) is 0 Å². The van der Waals surface area contributed by atoms with Crippen molar-refractivity contribution in [1.29, 1.82) is 0 Å². The normalized spacial score (nSPS) is 30.5. The standard InChI is InChI=1S/C16H23NOS/c1-17-13-5-6-14(17)10-16(9-13)19-11-12-3-7-15(18-2)8-4-12/h3-4,7-8,13-14,16H,5-6,9-11H2,1-2H3/t13-,14+,16+. The maximum absolute atomic E-state index is 5.20. The van der Waals surface area contributed by atoms with E-state index in [9.17, 15) is 0 Å². The second-order valence-electron chi connectivity index (χ2n) is 5.80. The second kappa shape index (κ2) is 5.76. The third kappa shape index (κ3) is 2.92. The Morgan fingerprint density at radius 1 is 1.16 bits per heavy atom. The molecule has 2 heterocycles. The Balaban J connectivity index is 1.52. The second-order valence-corrected chi connectivity index (χ2v) is 7.09. The first-order chi connectivity index (χ1) is 9.26. The van der Waals surface area contributed by atoms with Crippen molar-refractivity contribution in [3.05, 3.63) is 29.8 Å². The van der Waals surface area contributed by atoms with Gasteiger partial charge < -0.3 is 9.64 Å². The SMILES string of the molecule is COc1ccc(CS[C@H]2C[C@H]3CC[C@@H](C2)N3C)cc1. The Labute approximate surface area is 120 Å². The summed E-state index contributed by atoms with van der Waals surface area (Å²) in [6, 6.07) is 10.2. The molecule has 3 heteroatoms. The first-order valence-electron chi connectivity index (χ1n) is 7.22. The van der Waals surface area contributed by atoms with Gasteiger partial charge in [-0.05, 0) is 50.4 Å². The third-order valence-corrected chi connectivity index (χ3v) is 6.06. The molecule has 2 saturated heterocycles. The highest BCUT2D eigenvalue weighted by Crippen LogP contribution is 2.39. The Hall–Kier alpha value is -0.670. The number of rotatable bonds is 4. The van der Waals surface area contributed by atoms with Crippen LogP contribution in [-0.4, -0.2) is 36.4 Å². The summed E-state index contributed by atoms with van der Waals surface area (Å²) in [6.45, 7) is 0. The predicted octanol–water partition coefficient (Wildman–Crippen LogP) is 3.55. The molecule has 2 aliphatic heterocycles. The number of hydrogen-bond acceptors (Lipinski definition) is 3. The van der Waals surface area contributed by atoms with Crippen molar-refractivity contribution >= 4 is 11.8 Å². The van der Waals surface area contributed by atoms with Gasteiger partial charge in [-0.25, -0.2) is 0 Å². The van der Waals surface area contributed by atoms with E-state index in [1.807, 2.05) is 0 Å². The van der Waals surface area contributed by atoms with Crippen LogP contribution in [0.2, 0.25) is 0 Å². The van der Waals surface area contributed by atoms with Crippen LogP contribution >= 0.6 is 11.8 Å². The minimum atomic E-state index is 0.854. The van der Waals surface area contributed by atoms with E-state index in [1.165, 1.54) is 31.2 Å². The fourth-order valence-corrected chi connectivity index (χ4v) is 4.77. The number of benzene rings is 1. The molecule has 1 aromatic rings. The summed E-state index contributed by atoms with van der Waals surface area (Å²) >= 11 is 2.15. The van der Waals surface area contributed by atoms with Crippen molar-refractivity contribution in [3.63, 3.8) is 0 Å². The van der Waals surface area contributed by atoms with Crippen LogP contribution in [0.1, 0.15) is 31.2 Å². The zero-order valence-electron chi connectivity index (χ0n) is 11.8. The van der Waals surface area contributed by atoms with Gasteiger partial charge in [0.15, 0.2) is 0 Å². The van der Waals surface area contributed by atoms with Crippen LogP contribution in [0.5, 0.6) is 5.75 Å². The van der Waals surface area contributed by atoms with Gasteiger partial charge in [-0.2, -0.15) is 11.8 Å². The predicted molar refractivity (Wildman–Crippen MR) is 81.9 cm³/mol. The molecule has 104 valence electrons. The summed E-state index contributed by atoms with van der Waals surface area (Å²) in [5.41, 5.74) is 1.41. The highest BCUT2D eigenvalue weighted by molar-refractivity contribution is 7.99. The fraction of sp³-hybridized carbons (Fsp3) is 0.625. The van der Waals surface area contributed by atoms with Crippen molar-refractivity contribution in [2.75, 3.05) is 14.2 Å². The summed E-state index contributed by atoms with van der Waals surface area (Å²) in [5, 5.41) is 0.857. The van der Waals surface area contributed by atoms with E-state index in [0.717, 1.165) is 28.8 Å². The number of nitrogens with zero attached hydrogens (tertiary/aromatic N) is 1. The monoisotopic (exact) mass is 277 g/mol. The molecule has 0 N–H and O–H groups in total. The first-order valence-corrected chi connectivity index (χ1v) is 8.27. The van der Waals surface area contributed by atoms with E-state index >= 15 is 0 Å². The quantitative estimate of drug-likeness (QED) is 0.835. The van der Waals surface area contributed by atoms with Crippen molar-refractivity contribution in [1.82, 2.24) is 4.90 Å². The van der Waals surface area contributed by atoms with Gasteiger partial charge in [0, 0.05) is 23.1 Å². The van der Waals surface area contributed by atoms with Crippen LogP contribution in [0.4, 0.5) is 0 Å². The maximum atomic E-state index is 5.20. The van der Waals surface area contributed by atoms with Gasteiger partial charge in [0.2, 0.25) is 0 Å². The summed E-state index contributed by atoms with van der Waals surface area (Å²) in [4.78, 5) is 2.62. The van der Waals surface area contributed by atoms with Crippen LogP contribution in [-0.2, 0) is 5.75 Å². The van der Waals surface area contributed by atoms with Gasteiger partial charge in [-0.1, -0.05) is 12.1 Å². The summed E-state index contributed by atoms with van der Waals surface area (Å²) in [6.07, 6.45) is 5.60. The van der Waals surface area contributed by atoms with Gasteiger partial charge in [-0.3, -0.25) is 0 Å². The van der Waals surface area contributed by atoms with Crippen molar-refractivity contribution in [2.45, 2.75) is 48.8 Å². The molecule has 0 radical (unpaired) electrons. The molecule has 3 atom stereocenters. The average Bonchev–Trinajstić information content (AvgIpc) is 2.68. The van der Waals surface area contributed by atoms with Crippen molar-refractivity contribution in [2.24, 2.45) is 0 Å². The van der Waals surface area contributed by atoms with Crippen molar-refractivity contribution < 1.29 is 4.74 Å². The fourth-order valence-electron chi connectivity index (χ4n) is 3.43. The molecular formula is C16H23NOS. The number of methoxy groups -OCH3 is 1. The summed E-state index contributed by atoms with van der Waals surface area (Å²) < 4.78 is 5.20. The highest BCUT2D eigenvalue weighted by atomic mass is 32.2. The van der Waals surface area contributed by atoms with Crippen LogP contribution in [0.15, 0.2) is 24.3 Å². The van der Waals surface area contributed by atoms with Gasteiger partial charge in [-0.15, -0.1) is 0 Å². The lowest BCUT2D eigenvalue weighted by Crippen LogP contribution is -2.40. The molecule has 0 saturated carbocycles. The molecule has 2 aliphatic rings. The Bertz CT molecular complexity index is 405. The lowest BCUT2D eigenvalue weighted by molar-refractivity contribution is 0.183. The largest absolute Gasteiger partial charge is 0.497 e. The summed E-state index contributed by atoms with van der Waals surface area (Å²) in [7, 11) is 4.03. The minimum Gasteiger partial charge on any atom is -0.497 e. The average molecular weight is 277 g/mol. The van der Waals surface area contributed by atoms with E-state index in [0.29, 0.717) is 0 Å². The number of fused-ring (bicyclic) bond motifs is 2. The molecule has 0 aromatic heterocycles. The smallest absolute Gasteiger partial charge is 0.118 e. The molecule has 2 bridgehead atoms.